The van der Waals surface area contributed by atoms with Gasteiger partial charge in [0, 0.05) is 19.0 Å². The molecule has 1 rings (SSSR count). The highest BCUT2D eigenvalue weighted by molar-refractivity contribution is 5.78. The van der Waals surface area contributed by atoms with Gasteiger partial charge in [-0.1, -0.05) is 20.3 Å². The second kappa shape index (κ2) is 6.73. The summed E-state index contributed by atoms with van der Waals surface area (Å²) >= 11 is 0. The average Bonchev–Trinajstić information content (AvgIpc) is 2.28. The van der Waals surface area contributed by atoms with Crippen molar-refractivity contribution in [1.82, 2.24) is 10.6 Å². The van der Waals surface area contributed by atoms with E-state index in [1.165, 1.54) is 0 Å². The quantitative estimate of drug-likeness (QED) is 0.605. The number of nitrogens with one attached hydrogen (secondary N) is 2. The molecule has 0 aromatic rings. The molecule has 1 amide bonds. The predicted molar refractivity (Wildman–Crippen MR) is 69.3 cm³/mol. The molecular formula is C13H24N2O3. The summed E-state index contributed by atoms with van der Waals surface area (Å²) in [6.45, 7) is 5.88. The summed E-state index contributed by atoms with van der Waals surface area (Å²) in [7, 11) is 0. The van der Waals surface area contributed by atoms with Crippen LogP contribution < -0.4 is 10.6 Å². The fourth-order valence-corrected chi connectivity index (χ4v) is 2.32. The van der Waals surface area contributed by atoms with Crippen LogP contribution in [-0.2, 0) is 9.59 Å². The van der Waals surface area contributed by atoms with Crippen LogP contribution in [0.3, 0.4) is 0 Å². The van der Waals surface area contributed by atoms with E-state index < -0.39 is 5.97 Å². The van der Waals surface area contributed by atoms with Gasteiger partial charge in [-0.25, -0.2) is 0 Å². The molecule has 18 heavy (non-hydrogen) atoms. The molecule has 1 unspecified atom stereocenters. The van der Waals surface area contributed by atoms with E-state index in [1.54, 1.807) is 0 Å². The van der Waals surface area contributed by atoms with Crippen LogP contribution in [-0.4, -0.2) is 36.6 Å². The molecule has 104 valence electrons. The average molecular weight is 256 g/mol. The largest absolute Gasteiger partial charge is 0.481 e. The fourth-order valence-electron chi connectivity index (χ4n) is 2.32. The number of rotatable bonds is 8. The molecule has 0 aromatic heterocycles. The van der Waals surface area contributed by atoms with E-state index in [9.17, 15) is 9.59 Å². The predicted octanol–water partition coefficient (Wildman–Crippen LogP) is 0.993. The normalized spacial score (nSPS) is 18.8. The maximum Gasteiger partial charge on any atom is 0.303 e. The molecule has 0 aliphatic heterocycles. The summed E-state index contributed by atoms with van der Waals surface area (Å²) in [5, 5.41) is 14.9. The molecule has 0 spiro atoms. The van der Waals surface area contributed by atoms with E-state index in [2.05, 4.69) is 10.6 Å². The molecule has 1 atom stereocenters. The second-order valence-corrected chi connectivity index (χ2v) is 5.35. The Morgan fingerprint density at radius 1 is 1.39 bits per heavy atom. The van der Waals surface area contributed by atoms with E-state index in [0.717, 1.165) is 25.8 Å². The standard InChI is InChI=1S/C13H24N2O3/c1-3-14-8-10(2)12(18)15-9-13(5-4-6-13)7-11(16)17/h10,14H,3-9H2,1-2H3,(H,15,18)(H,16,17). The number of carboxylic acid groups (broad SMARTS) is 1. The third kappa shape index (κ3) is 4.29. The summed E-state index contributed by atoms with van der Waals surface area (Å²) in [5.41, 5.74) is -0.195. The molecule has 5 nitrogen and oxygen atoms in total. The van der Waals surface area contributed by atoms with Crippen molar-refractivity contribution >= 4 is 11.9 Å². The first-order valence-electron chi connectivity index (χ1n) is 6.69. The van der Waals surface area contributed by atoms with Crippen molar-refractivity contribution in [2.75, 3.05) is 19.6 Å². The van der Waals surface area contributed by atoms with Crippen LogP contribution in [0.2, 0.25) is 0 Å². The zero-order valence-corrected chi connectivity index (χ0v) is 11.3. The highest BCUT2D eigenvalue weighted by Crippen LogP contribution is 2.43. The van der Waals surface area contributed by atoms with Crippen molar-refractivity contribution in [3.8, 4) is 0 Å². The van der Waals surface area contributed by atoms with Gasteiger partial charge in [-0.05, 0) is 24.8 Å². The van der Waals surface area contributed by atoms with Crippen LogP contribution in [0.25, 0.3) is 0 Å². The minimum atomic E-state index is -0.773. The Bertz CT molecular complexity index is 301. The van der Waals surface area contributed by atoms with Crippen molar-refractivity contribution in [3.63, 3.8) is 0 Å². The molecule has 1 aliphatic carbocycles. The SMILES string of the molecule is CCNCC(C)C(=O)NCC1(CC(=O)O)CCC1. The number of hydrogen-bond acceptors (Lipinski definition) is 3. The second-order valence-electron chi connectivity index (χ2n) is 5.35. The van der Waals surface area contributed by atoms with Gasteiger partial charge >= 0.3 is 5.97 Å². The lowest BCUT2D eigenvalue weighted by Crippen LogP contribution is -2.45. The molecule has 1 aliphatic rings. The lowest BCUT2D eigenvalue weighted by atomic mass is 9.66. The zero-order valence-electron chi connectivity index (χ0n) is 11.3. The molecule has 1 saturated carbocycles. The van der Waals surface area contributed by atoms with E-state index in [0.29, 0.717) is 13.1 Å². The Hall–Kier alpha value is -1.10. The third-order valence-corrected chi connectivity index (χ3v) is 3.73. The first-order valence-corrected chi connectivity index (χ1v) is 6.69. The molecule has 1 fully saturated rings. The molecule has 0 bridgehead atoms. The Morgan fingerprint density at radius 2 is 2.06 bits per heavy atom. The van der Waals surface area contributed by atoms with Crippen molar-refractivity contribution in [1.29, 1.82) is 0 Å². The smallest absolute Gasteiger partial charge is 0.303 e. The van der Waals surface area contributed by atoms with Gasteiger partial charge in [0.1, 0.15) is 0 Å². The number of carbonyl (C=O) groups excluding carboxylic acids is 1. The molecule has 0 saturated heterocycles. The van der Waals surface area contributed by atoms with Crippen LogP contribution in [0.1, 0.15) is 39.5 Å². The minimum absolute atomic E-state index is 0.00705. The zero-order chi connectivity index (χ0) is 13.6. The van der Waals surface area contributed by atoms with Crippen LogP contribution in [0.4, 0.5) is 0 Å². The molecular weight excluding hydrogens is 232 g/mol. The van der Waals surface area contributed by atoms with Gasteiger partial charge in [0.2, 0.25) is 5.91 Å². The van der Waals surface area contributed by atoms with Gasteiger partial charge in [0.05, 0.1) is 6.42 Å². The molecule has 0 aromatic carbocycles. The van der Waals surface area contributed by atoms with Crippen molar-refractivity contribution in [3.05, 3.63) is 0 Å². The third-order valence-electron chi connectivity index (χ3n) is 3.73. The monoisotopic (exact) mass is 256 g/mol. The van der Waals surface area contributed by atoms with Crippen LogP contribution >= 0.6 is 0 Å². The van der Waals surface area contributed by atoms with Crippen molar-refractivity contribution < 1.29 is 14.7 Å². The van der Waals surface area contributed by atoms with E-state index in [4.69, 9.17) is 5.11 Å². The first-order chi connectivity index (χ1) is 8.49. The van der Waals surface area contributed by atoms with Gasteiger partial charge in [-0.3, -0.25) is 9.59 Å². The fraction of sp³-hybridized carbons (Fsp3) is 0.846. The number of carbonyl (C=O) groups is 2. The summed E-state index contributed by atoms with van der Waals surface area (Å²) in [6.07, 6.45) is 3.04. The number of hydrogen-bond donors (Lipinski definition) is 3. The van der Waals surface area contributed by atoms with Gasteiger partial charge in [0.15, 0.2) is 0 Å². The highest BCUT2D eigenvalue weighted by atomic mass is 16.4. The summed E-state index contributed by atoms with van der Waals surface area (Å²) in [6, 6.07) is 0. The van der Waals surface area contributed by atoms with Gasteiger partial charge in [0.25, 0.3) is 0 Å². The van der Waals surface area contributed by atoms with E-state index in [-0.39, 0.29) is 23.7 Å². The molecule has 5 heteroatoms. The van der Waals surface area contributed by atoms with Gasteiger partial charge in [-0.2, -0.15) is 0 Å². The van der Waals surface area contributed by atoms with Crippen LogP contribution in [0.15, 0.2) is 0 Å². The number of aliphatic carboxylic acids is 1. The summed E-state index contributed by atoms with van der Waals surface area (Å²) in [4.78, 5) is 22.6. The topological polar surface area (TPSA) is 78.4 Å². The lowest BCUT2D eigenvalue weighted by molar-refractivity contribution is -0.142. The molecule has 0 heterocycles. The van der Waals surface area contributed by atoms with Crippen molar-refractivity contribution in [2.45, 2.75) is 39.5 Å². The number of carboxylic acids is 1. The maximum atomic E-state index is 11.8. The Kier molecular flexibility index (Phi) is 5.59. The maximum absolute atomic E-state index is 11.8. The Balaban J connectivity index is 2.34. The summed E-state index contributed by atoms with van der Waals surface area (Å²) in [5.74, 6) is -0.843. The molecule has 3 N–H and O–H groups in total. The minimum Gasteiger partial charge on any atom is -0.481 e. The highest BCUT2D eigenvalue weighted by Gasteiger charge is 2.39. The Labute approximate surface area is 108 Å². The van der Waals surface area contributed by atoms with E-state index >= 15 is 0 Å². The Morgan fingerprint density at radius 3 is 2.50 bits per heavy atom. The van der Waals surface area contributed by atoms with Crippen LogP contribution in [0, 0.1) is 11.3 Å². The van der Waals surface area contributed by atoms with Crippen LogP contribution in [0.5, 0.6) is 0 Å². The van der Waals surface area contributed by atoms with Gasteiger partial charge < -0.3 is 15.7 Å². The molecule has 0 radical (unpaired) electrons. The van der Waals surface area contributed by atoms with Crippen molar-refractivity contribution in [2.24, 2.45) is 11.3 Å². The lowest BCUT2D eigenvalue weighted by Gasteiger charge is -2.41. The first kappa shape index (κ1) is 15.0. The van der Waals surface area contributed by atoms with Gasteiger partial charge in [-0.15, -0.1) is 0 Å². The number of amides is 1. The summed E-state index contributed by atoms with van der Waals surface area (Å²) < 4.78 is 0. The van der Waals surface area contributed by atoms with E-state index in [1.807, 2.05) is 13.8 Å².